The maximum Gasteiger partial charge on any atom is 0.350 e. The van der Waals surface area contributed by atoms with Crippen molar-refractivity contribution >= 4 is 54.7 Å². The Bertz CT molecular complexity index is 988. The molecule has 1 aliphatic heterocycles. The lowest BCUT2D eigenvalue weighted by Gasteiger charge is -2.23. The van der Waals surface area contributed by atoms with E-state index in [1.807, 2.05) is 0 Å². The highest BCUT2D eigenvalue weighted by molar-refractivity contribution is 7.91. The van der Waals surface area contributed by atoms with Gasteiger partial charge in [-0.25, -0.2) is 17.6 Å². The monoisotopic (exact) mass is 419 g/mol. The van der Waals surface area contributed by atoms with Crippen LogP contribution in [0.4, 0.5) is 4.39 Å². The smallest absolute Gasteiger partial charge is 0.350 e. The first-order chi connectivity index (χ1) is 12.2. The number of esters is 1. The Hall–Kier alpha value is -1.71. The number of carbonyl (C=O) groups excluding carboxylic acids is 2. The fraction of sp³-hybridized carbons (Fsp3) is 0.375. The van der Waals surface area contributed by atoms with Gasteiger partial charge >= 0.3 is 5.97 Å². The molecular weight excluding hydrogens is 405 g/mol. The second-order valence-corrected chi connectivity index (χ2v) is 9.68. The summed E-state index contributed by atoms with van der Waals surface area (Å²) in [6, 6.07) is 3.56. The third-order valence-corrected chi connectivity index (χ3v) is 7.64. The number of carbonyl (C=O) groups is 2. The molecule has 3 rings (SSSR count). The number of ether oxygens (including phenoxy) is 1. The van der Waals surface area contributed by atoms with E-state index in [2.05, 4.69) is 0 Å². The molecular formula is C16H15ClFNO5S2. The lowest BCUT2D eigenvalue weighted by Crippen LogP contribution is -2.40. The van der Waals surface area contributed by atoms with Crippen molar-refractivity contribution in [1.29, 1.82) is 0 Å². The quantitative estimate of drug-likeness (QED) is 0.711. The van der Waals surface area contributed by atoms with E-state index in [1.165, 1.54) is 30.1 Å². The number of hydrogen-bond donors (Lipinski definition) is 0. The topological polar surface area (TPSA) is 80.8 Å². The zero-order chi connectivity index (χ0) is 19.1. The molecule has 1 saturated heterocycles. The average Bonchev–Trinajstić information content (AvgIpc) is 3.11. The largest absolute Gasteiger partial charge is 0.451 e. The van der Waals surface area contributed by atoms with E-state index in [0.29, 0.717) is 16.5 Å². The van der Waals surface area contributed by atoms with Gasteiger partial charge in [-0.05, 0) is 24.6 Å². The molecule has 0 spiro atoms. The fourth-order valence-corrected chi connectivity index (χ4v) is 5.95. The van der Waals surface area contributed by atoms with Crippen LogP contribution in [0.2, 0.25) is 5.02 Å². The molecule has 10 heteroatoms. The van der Waals surface area contributed by atoms with Crippen molar-refractivity contribution < 1.29 is 27.1 Å². The minimum atomic E-state index is -3.12. The second-order valence-electron chi connectivity index (χ2n) is 6.02. The maximum absolute atomic E-state index is 13.3. The SMILES string of the molecule is CN(C(=O)COC(=O)c1sc2cc(F)ccc2c1Cl)[C@@H]1CCS(=O)(=O)C1. The van der Waals surface area contributed by atoms with Crippen LogP contribution in [0.1, 0.15) is 16.1 Å². The highest BCUT2D eigenvalue weighted by atomic mass is 35.5. The zero-order valence-corrected chi connectivity index (χ0v) is 16.1. The Labute approximate surface area is 158 Å². The zero-order valence-electron chi connectivity index (χ0n) is 13.7. The molecule has 1 atom stereocenters. The van der Waals surface area contributed by atoms with Crippen molar-refractivity contribution in [2.24, 2.45) is 0 Å². The molecule has 140 valence electrons. The van der Waals surface area contributed by atoms with Gasteiger partial charge in [0.25, 0.3) is 5.91 Å². The number of hydrogen-bond acceptors (Lipinski definition) is 6. The summed E-state index contributed by atoms with van der Waals surface area (Å²) in [5, 5.41) is 0.683. The first-order valence-corrected chi connectivity index (χ1v) is 10.7. The highest BCUT2D eigenvalue weighted by Gasteiger charge is 2.33. The number of halogens is 2. The van der Waals surface area contributed by atoms with Crippen LogP contribution in [-0.2, 0) is 19.4 Å². The number of amides is 1. The van der Waals surface area contributed by atoms with Crippen LogP contribution in [0.25, 0.3) is 10.1 Å². The minimum absolute atomic E-state index is 0.0447. The second kappa shape index (κ2) is 7.13. The van der Waals surface area contributed by atoms with Crippen molar-refractivity contribution in [3.8, 4) is 0 Å². The summed E-state index contributed by atoms with van der Waals surface area (Å²) in [4.78, 5) is 25.7. The Kier molecular flexibility index (Phi) is 5.23. The molecule has 26 heavy (non-hydrogen) atoms. The predicted molar refractivity (Wildman–Crippen MR) is 96.9 cm³/mol. The first-order valence-electron chi connectivity index (χ1n) is 7.69. The van der Waals surface area contributed by atoms with Gasteiger partial charge in [-0.2, -0.15) is 0 Å². The summed E-state index contributed by atoms with van der Waals surface area (Å²) < 4.78 is 41.8. The van der Waals surface area contributed by atoms with Gasteiger partial charge < -0.3 is 9.64 Å². The molecule has 6 nitrogen and oxygen atoms in total. The van der Waals surface area contributed by atoms with Gasteiger partial charge in [-0.1, -0.05) is 11.6 Å². The van der Waals surface area contributed by atoms with Crippen molar-refractivity contribution in [1.82, 2.24) is 4.90 Å². The number of thiophene rings is 1. The number of rotatable bonds is 4. The summed E-state index contributed by atoms with van der Waals surface area (Å²) in [5.74, 6) is -1.76. The van der Waals surface area contributed by atoms with Crippen LogP contribution in [0.15, 0.2) is 18.2 Å². The minimum Gasteiger partial charge on any atom is -0.451 e. The standard InChI is InChI=1S/C16H15ClFNO5S2/c1-19(10-4-5-26(22,23)8-10)13(20)7-24-16(21)15-14(17)11-3-2-9(18)6-12(11)25-15/h2-3,6,10H,4-5,7-8H2,1H3/t10-/m1/s1. The molecule has 1 aromatic heterocycles. The lowest BCUT2D eigenvalue weighted by molar-refractivity contribution is -0.134. The van der Waals surface area contributed by atoms with Gasteiger partial charge in [-0.3, -0.25) is 4.79 Å². The Morgan fingerprint density at radius 3 is 2.81 bits per heavy atom. The van der Waals surface area contributed by atoms with Crippen LogP contribution >= 0.6 is 22.9 Å². The van der Waals surface area contributed by atoms with Gasteiger partial charge in [0.05, 0.1) is 16.5 Å². The van der Waals surface area contributed by atoms with E-state index >= 15 is 0 Å². The highest BCUT2D eigenvalue weighted by Crippen LogP contribution is 2.36. The number of sulfone groups is 1. The lowest BCUT2D eigenvalue weighted by atomic mass is 10.2. The van der Waals surface area contributed by atoms with E-state index in [0.717, 1.165) is 11.3 Å². The van der Waals surface area contributed by atoms with Crippen LogP contribution in [0, 0.1) is 5.82 Å². The van der Waals surface area contributed by atoms with Gasteiger partial charge in [0.1, 0.15) is 10.7 Å². The molecule has 1 aliphatic rings. The first kappa shape index (κ1) is 19.1. The van der Waals surface area contributed by atoms with E-state index in [1.54, 1.807) is 0 Å². The molecule has 1 amide bonds. The van der Waals surface area contributed by atoms with Gasteiger partial charge in [0.2, 0.25) is 0 Å². The van der Waals surface area contributed by atoms with Crippen LogP contribution in [0.5, 0.6) is 0 Å². The average molecular weight is 420 g/mol. The summed E-state index contributed by atoms with van der Waals surface area (Å²) in [6.07, 6.45) is 0.367. The number of benzene rings is 1. The Morgan fingerprint density at radius 2 is 2.15 bits per heavy atom. The molecule has 1 fully saturated rings. The molecule has 1 aromatic carbocycles. The van der Waals surface area contributed by atoms with Crippen molar-refractivity contribution in [2.45, 2.75) is 12.5 Å². The van der Waals surface area contributed by atoms with Gasteiger partial charge in [0.15, 0.2) is 16.4 Å². The number of nitrogens with zero attached hydrogens (tertiary/aromatic N) is 1. The van der Waals surface area contributed by atoms with Gasteiger partial charge in [0, 0.05) is 23.2 Å². The Morgan fingerprint density at radius 1 is 1.42 bits per heavy atom. The molecule has 0 radical (unpaired) electrons. The van der Waals surface area contributed by atoms with Crippen LogP contribution < -0.4 is 0 Å². The molecule has 0 aliphatic carbocycles. The molecule has 0 unspecified atom stereocenters. The van der Waals surface area contributed by atoms with E-state index in [9.17, 15) is 22.4 Å². The molecule has 2 aromatic rings. The third kappa shape index (κ3) is 3.84. The molecule has 0 saturated carbocycles. The third-order valence-electron chi connectivity index (χ3n) is 4.25. The Balaban J connectivity index is 1.65. The van der Waals surface area contributed by atoms with E-state index < -0.39 is 40.2 Å². The summed E-state index contributed by atoms with van der Waals surface area (Å²) in [5.41, 5.74) is 0. The van der Waals surface area contributed by atoms with Crippen molar-refractivity contribution in [2.75, 3.05) is 25.2 Å². The van der Waals surface area contributed by atoms with E-state index in [4.69, 9.17) is 16.3 Å². The number of fused-ring (bicyclic) bond motifs is 1. The molecule has 2 heterocycles. The molecule has 0 N–H and O–H groups in total. The normalized spacial score (nSPS) is 18.8. The predicted octanol–water partition coefficient (Wildman–Crippen LogP) is 2.50. The van der Waals surface area contributed by atoms with Gasteiger partial charge in [-0.15, -0.1) is 11.3 Å². The summed E-state index contributed by atoms with van der Waals surface area (Å²) in [7, 11) is -1.64. The van der Waals surface area contributed by atoms with Crippen molar-refractivity contribution in [3.63, 3.8) is 0 Å². The van der Waals surface area contributed by atoms with Crippen LogP contribution in [-0.4, -0.2) is 56.4 Å². The van der Waals surface area contributed by atoms with Crippen LogP contribution in [0.3, 0.4) is 0 Å². The summed E-state index contributed by atoms with van der Waals surface area (Å²) >= 11 is 7.12. The number of likely N-dealkylation sites (N-methyl/N-ethyl adjacent to an activating group) is 1. The fourth-order valence-electron chi connectivity index (χ4n) is 2.75. The van der Waals surface area contributed by atoms with Crippen molar-refractivity contribution in [3.05, 3.63) is 33.9 Å². The molecule has 0 bridgehead atoms. The van der Waals surface area contributed by atoms with E-state index in [-0.39, 0.29) is 21.4 Å². The summed E-state index contributed by atoms with van der Waals surface area (Å²) in [6.45, 7) is -0.523. The maximum atomic E-state index is 13.3.